The van der Waals surface area contributed by atoms with Crippen molar-refractivity contribution in [3.63, 3.8) is 0 Å². The van der Waals surface area contributed by atoms with Crippen molar-refractivity contribution in [2.45, 2.75) is 0 Å². The molecule has 0 spiro atoms. The average Bonchev–Trinajstić information content (AvgIpc) is 3.57. The Morgan fingerprint density at radius 2 is 1.20 bits per heavy atom. The van der Waals surface area contributed by atoms with Gasteiger partial charge in [0.15, 0.2) is 17.3 Å². The van der Waals surface area contributed by atoms with E-state index in [0.717, 1.165) is 11.3 Å². The van der Waals surface area contributed by atoms with E-state index >= 15 is 0 Å². The number of rotatable bonds is 9. The normalized spacial score (nSPS) is 10.8. The zero-order valence-corrected chi connectivity index (χ0v) is 24.2. The van der Waals surface area contributed by atoms with Gasteiger partial charge in [0.05, 0.1) is 23.0 Å². The van der Waals surface area contributed by atoms with Gasteiger partial charge in [-0.25, -0.2) is 24.7 Å². The van der Waals surface area contributed by atoms with E-state index < -0.39 is 17.8 Å². The van der Waals surface area contributed by atoms with Gasteiger partial charge in [0.1, 0.15) is 0 Å². The Morgan fingerprint density at radius 1 is 0.652 bits per heavy atom. The quantitative estimate of drug-likeness (QED) is 0.0906. The van der Waals surface area contributed by atoms with E-state index in [1.54, 1.807) is 71.4 Å². The summed E-state index contributed by atoms with van der Waals surface area (Å²) >= 11 is 0. The maximum Gasteiger partial charge on any atom is 0.343 e. The highest BCUT2D eigenvalue weighted by Crippen LogP contribution is 2.30. The van der Waals surface area contributed by atoms with Crippen molar-refractivity contribution in [2.75, 3.05) is 0 Å². The molecule has 1 heterocycles. The van der Waals surface area contributed by atoms with Crippen LogP contribution >= 0.6 is 0 Å². The van der Waals surface area contributed by atoms with Crippen LogP contribution < -0.4 is 14.9 Å². The first kappa shape index (κ1) is 29.4. The van der Waals surface area contributed by atoms with Gasteiger partial charge in [0.2, 0.25) is 5.82 Å². The summed E-state index contributed by atoms with van der Waals surface area (Å²) in [5, 5.41) is 8.49. The first-order valence-corrected chi connectivity index (χ1v) is 14.1. The highest BCUT2D eigenvalue weighted by atomic mass is 16.6. The number of para-hydroxylation sites is 1. The van der Waals surface area contributed by atoms with E-state index in [-0.39, 0.29) is 17.3 Å². The number of amides is 1. The molecule has 6 aromatic rings. The molecular weight excluding hydrogens is 582 g/mol. The maximum atomic E-state index is 13.1. The first-order chi connectivity index (χ1) is 22.5. The second kappa shape index (κ2) is 13.7. The van der Waals surface area contributed by atoms with Gasteiger partial charge in [-0.2, -0.15) is 5.10 Å². The molecule has 6 rings (SSSR count). The summed E-state index contributed by atoms with van der Waals surface area (Å²) < 4.78 is 12.8. The number of esters is 2. The van der Waals surface area contributed by atoms with E-state index in [1.165, 1.54) is 18.3 Å². The van der Waals surface area contributed by atoms with Crippen molar-refractivity contribution < 1.29 is 23.9 Å². The summed E-state index contributed by atoms with van der Waals surface area (Å²) in [5.74, 6) is -1.47. The first-order valence-electron chi connectivity index (χ1n) is 14.1. The molecule has 224 valence electrons. The van der Waals surface area contributed by atoms with Gasteiger partial charge in [0, 0.05) is 5.56 Å². The fourth-order valence-corrected chi connectivity index (χ4v) is 4.38. The third-order valence-corrected chi connectivity index (χ3v) is 6.61. The second-order valence-corrected chi connectivity index (χ2v) is 9.79. The number of carbonyl (C=O) groups excluding carboxylic acids is 3. The van der Waals surface area contributed by atoms with Gasteiger partial charge in [-0.05, 0) is 60.2 Å². The molecule has 5 aromatic carbocycles. The molecule has 46 heavy (non-hydrogen) atoms. The number of hydrogen-bond acceptors (Lipinski definition) is 8. The Morgan fingerprint density at radius 3 is 1.80 bits per heavy atom. The molecule has 10 heteroatoms. The molecule has 0 unspecified atom stereocenters. The molecule has 0 saturated carbocycles. The summed E-state index contributed by atoms with van der Waals surface area (Å²) in [7, 11) is 0. The van der Waals surface area contributed by atoms with Crippen molar-refractivity contribution in [1.82, 2.24) is 20.2 Å². The van der Waals surface area contributed by atoms with Crippen LogP contribution in [0.4, 0.5) is 0 Å². The molecule has 0 fully saturated rings. The van der Waals surface area contributed by atoms with Crippen molar-refractivity contribution in [2.24, 2.45) is 5.10 Å². The molecule has 1 amide bonds. The zero-order chi connectivity index (χ0) is 31.7. The fourth-order valence-electron chi connectivity index (χ4n) is 4.38. The summed E-state index contributed by atoms with van der Waals surface area (Å²) in [4.78, 5) is 43.1. The van der Waals surface area contributed by atoms with Crippen molar-refractivity contribution in [1.29, 1.82) is 0 Å². The molecule has 0 bridgehead atoms. The standard InChI is InChI=1S/C36H25N5O5/c42-34(32-38-33(26-13-5-1-6-14-26)41(40-32)29-19-11-4-12-20-29)39-37-24-25-21-22-30(45-35(43)27-15-7-2-8-16-27)31(23-25)46-36(44)28-17-9-3-10-18-28/h1-24H,(H,39,42). The van der Waals surface area contributed by atoms with E-state index in [2.05, 4.69) is 20.6 Å². The third kappa shape index (κ3) is 6.92. The van der Waals surface area contributed by atoms with Crippen LogP contribution in [0.2, 0.25) is 0 Å². The van der Waals surface area contributed by atoms with Gasteiger partial charge in [-0.15, -0.1) is 5.10 Å². The number of carbonyl (C=O) groups is 3. The topological polar surface area (TPSA) is 125 Å². The molecule has 10 nitrogen and oxygen atoms in total. The van der Waals surface area contributed by atoms with Gasteiger partial charge in [0.25, 0.3) is 0 Å². The predicted molar refractivity (Wildman–Crippen MR) is 171 cm³/mol. The van der Waals surface area contributed by atoms with Crippen LogP contribution in [0.25, 0.3) is 17.1 Å². The van der Waals surface area contributed by atoms with E-state index in [1.807, 2.05) is 60.7 Å². The van der Waals surface area contributed by atoms with Crippen LogP contribution in [0.15, 0.2) is 145 Å². The van der Waals surface area contributed by atoms with E-state index in [0.29, 0.717) is 22.5 Å². The number of nitrogens with zero attached hydrogens (tertiary/aromatic N) is 4. The predicted octanol–water partition coefficient (Wildman–Crippen LogP) is 6.14. The minimum atomic E-state index is -0.644. The van der Waals surface area contributed by atoms with Gasteiger partial charge in [-0.1, -0.05) is 84.9 Å². The number of ether oxygens (including phenoxy) is 2. The summed E-state index contributed by atoms with van der Waals surface area (Å²) in [6.45, 7) is 0. The van der Waals surface area contributed by atoms with Crippen LogP contribution in [-0.4, -0.2) is 38.8 Å². The molecule has 0 aliphatic heterocycles. The lowest BCUT2D eigenvalue weighted by molar-refractivity contribution is 0.0682. The van der Waals surface area contributed by atoms with Crippen LogP contribution in [0.5, 0.6) is 11.5 Å². The third-order valence-electron chi connectivity index (χ3n) is 6.61. The summed E-state index contributed by atoms with van der Waals surface area (Å²) in [6.07, 6.45) is 1.35. The molecule has 1 N–H and O–H groups in total. The van der Waals surface area contributed by atoms with E-state index in [4.69, 9.17) is 9.47 Å². The number of aromatic nitrogens is 3. The Labute approximate surface area is 263 Å². The largest absolute Gasteiger partial charge is 0.419 e. The van der Waals surface area contributed by atoms with Crippen LogP contribution in [0, 0.1) is 0 Å². The zero-order valence-electron chi connectivity index (χ0n) is 24.2. The summed E-state index contributed by atoms with van der Waals surface area (Å²) in [6, 6.07) is 40.2. The molecule has 0 radical (unpaired) electrons. The lowest BCUT2D eigenvalue weighted by atomic mass is 10.2. The number of nitrogens with one attached hydrogen (secondary N) is 1. The maximum absolute atomic E-state index is 13.1. The monoisotopic (exact) mass is 607 g/mol. The van der Waals surface area contributed by atoms with Crippen LogP contribution in [0.3, 0.4) is 0 Å². The Balaban J connectivity index is 1.23. The van der Waals surface area contributed by atoms with E-state index in [9.17, 15) is 14.4 Å². The molecule has 0 aliphatic rings. The highest BCUT2D eigenvalue weighted by molar-refractivity contribution is 5.94. The smallest absolute Gasteiger partial charge is 0.343 e. The van der Waals surface area contributed by atoms with Crippen molar-refractivity contribution >= 4 is 24.1 Å². The number of hydrazone groups is 1. The molecule has 1 aromatic heterocycles. The van der Waals surface area contributed by atoms with Gasteiger partial charge < -0.3 is 9.47 Å². The van der Waals surface area contributed by atoms with Crippen LogP contribution in [-0.2, 0) is 0 Å². The summed E-state index contributed by atoms with van der Waals surface area (Å²) in [5.41, 5.74) is 5.05. The van der Waals surface area contributed by atoms with Gasteiger partial charge >= 0.3 is 17.8 Å². The van der Waals surface area contributed by atoms with Crippen molar-refractivity contribution in [3.05, 3.63) is 162 Å². The molecule has 0 saturated heterocycles. The lowest BCUT2D eigenvalue weighted by Crippen LogP contribution is -2.19. The SMILES string of the molecule is O=C(Oc1ccc(C=NNC(=O)c2nc(-c3ccccc3)n(-c3ccccc3)n2)cc1OC(=O)c1ccccc1)c1ccccc1. The molecule has 0 aliphatic carbocycles. The minimum absolute atomic E-state index is 0.0100. The Hall–Kier alpha value is -6.68. The second-order valence-electron chi connectivity index (χ2n) is 9.79. The molecular formula is C36H25N5O5. The number of benzene rings is 5. The average molecular weight is 608 g/mol. The van der Waals surface area contributed by atoms with Crippen LogP contribution in [0.1, 0.15) is 36.9 Å². The number of hydrogen-bond donors (Lipinski definition) is 1. The highest BCUT2D eigenvalue weighted by Gasteiger charge is 2.19. The fraction of sp³-hybridized carbons (Fsp3) is 0. The minimum Gasteiger partial charge on any atom is -0.419 e. The Bertz CT molecular complexity index is 1960. The van der Waals surface area contributed by atoms with Crippen molar-refractivity contribution in [3.8, 4) is 28.6 Å². The van der Waals surface area contributed by atoms with Gasteiger partial charge in [-0.3, -0.25) is 4.79 Å². The Kier molecular flexibility index (Phi) is 8.78. The molecule has 0 atom stereocenters. The lowest BCUT2D eigenvalue weighted by Gasteiger charge is -2.11.